The summed E-state index contributed by atoms with van der Waals surface area (Å²) in [5, 5.41) is 9.92. The minimum Gasteiger partial charge on any atom is -0.393 e. The zero-order valence-electron chi connectivity index (χ0n) is 12.0. The summed E-state index contributed by atoms with van der Waals surface area (Å²) >= 11 is 0. The van der Waals surface area contributed by atoms with E-state index >= 15 is 0 Å². The van der Waals surface area contributed by atoms with E-state index in [4.69, 9.17) is 0 Å². The molecule has 2 heteroatoms. The minimum absolute atomic E-state index is 0.0516. The van der Waals surface area contributed by atoms with Crippen molar-refractivity contribution in [3.8, 4) is 0 Å². The van der Waals surface area contributed by atoms with Crippen molar-refractivity contribution in [2.75, 3.05) is 13.1 Å². The third-order valence-electron chi connectivity index (χ3n) is 4.08. The molecule has 1 aliphatic rings. The van der Waals surface area contributed by atoms with Crippen LogP contribution in [0.25, 0.3) is 0 Å². The highest BCUT2D eigenvalue weighted by atomic mass is 16.3. The molecule has 0 saturated heterocycles. The molecule has 1 fully saturated rings. The van der Waals surface area contributed by atoms with E-state index in [9.17, 15) is 5.11 Å². The first kappa shape index (κ1) is 15.0. The first-order chi connectivity index (χ1) is 8.22. The molecule has 0 heterocycles. The molecule has 0 aromatic heterocycles. The first-order valence-electron chi connectivity index (χ1n) is 7.64. The molecule has 17 heavy (non-hydrogen) atoms. The fourth-order valence-electron chi connectivity index (χ4n) is 3.36. The Morgan fingerprint density at radius 2 is 1.65 bits per heavy atom. The van der Waals surface area contributed by atoms with E-state index in [-0.39, 0.29) is 6.10 Å². The SMILES string of the molecule is CCCC1CCC(O)CC1N(CCC)CCC. The van der Waals surface area contributed by atoms with Crippen molar-refractivity contribution in [3.05, 3.63) is 0 Å². The normalized spacial score (nSPS) is 29.8. The molecule has 0 bridgehead atoms. The molecular formula is C15H31NO. The van der Waals surface area contributed by atoms with E-state index in [2.05, 4.69) is 25.7 Å². The van der Waals surface area contributed by atoms with E-state index in [0.29, 0.717) is 6.04 Å². The lowest BCUT2D eigenvalue weighted by atomic mass is 9.79. The van der Waals surface area contributed by atoms with Crippen LogP contribution in [0.3, 0.4) is 0 Å². The fourth-order valence-corrected chi connectivity index (χ4v) is 3.36. The van der Waals surface area contributed by atoms with Gasteiger partial charge in [0.25, 0.3) is 0 Å². The number of aliphatic hydroxyl groups is 1. The summed E-state index contributed by atoms with van der Waals surface area (Å²) in [4.78, 5) is 2.64. The van der Waals surface area contributed by atoms with Gasteiger partial charge in [0, 0.05) is 6.04 Å². The predicted molar refractivity (Wildman–Crippen MR) is 74.2 cm³/mol. The van der Waals surface area contributed by atoms with Crippen LogP contribution in [0.2, 0.25) is 0 Å². The van der Waals surface area contributed by atoms with Gasteiger partial charge in [-0.2, -0.15) is 0 Å². The molecule has 2 nitrogen and oxygen atoms in total. The predicted octanol–water partition coefficient (Wildman–Crippen LogP) is 3.44. The summed E-state index contributed by atoms with van der Waals surface area (Å²) in [5.74, 6) is 0.821. The quantitative estimate of drug-likeness (QED) is 0.738. The van der Waals surface area contributed by atoms with Crippen LogP contribution in [0.1, 0.15) is 65.7 Å². The Balaban J connectivity index is 2.63. The Bertz CT molecular complexity index is 189. The summed E-state index contributed by atoms with van der Waals surface area (Å²) in [6, 6.07) is 0.638. The molecule has 1 aliphatic carbocycles. The maximum Gasteiger partial charge on any atom is 0.0555 e. The summed E-state index contributed by atoms with van der Waals surface area (Å²) in [6.45, 7) is 9.20. The van der Waals surface area contributed by atoms with Crippen LogP contribution in [0.5, 0.6) is 0 Å². The molecule has 0 aromatic carbocycles. The second-order valence-corrected chi connectivity index (χ2v) is 5.62. The van der Waals surface area contributed by atoms with Crippen molar-refractivity contribution >= 4 is 0 Å². The van der Waals surface area contributed by atoms with Crippen molar-refractivity contribution in [1.29, 1.82) is 0 Å². The molecule has 1 saturated carbocycles. The molecule has 1 rings (SSSR count). The van der Waals surface area contributed by atoms with Gasteiger partial charge >= 0.3 is 0 Å². The van der Waals surface area contributed by atoms with Crippen LogP contribution in [0.15, 0.2) is 0 Å². The molecule has 0 spiro atoms. The van der Waals surface area contributed by atoms with E-state index in [1.807, 2.05) is 0 Å². The Kier molecular flexibility index (Phi) is 7.14. The number of hydrogen-bond donors (Lipinski definition) is 1. The van der Waals surface area contributed by atoms with Gasteiger partial charge in [-0.15, -0.1) is 0 Å². The molecule has 1 N–H and O–H groups in total. The number of hydrogen-bond acceptors (Lipinski definition) is 2. The molecule has 0 amide bonds. The third kappa shape index (κ3) is 4.59. The van der Waals surface area contributed by atoms with Gasteiger partial charge in [0.15, 0.2) is 0 Å². The summed E-state index contributed by atoms with van der Waals surface area (Å²) in [7, 11) is 0. The van der Waals surface area contributed by atoms with Gasteiger partial charge in [-0.1, -0.05) is 27.2 Å². The van der Waals surface area contributed by atoms with E-state index in [1.54, 1.807) is 0 Å². The van der Waals surface area contributed by atoms with Gasteiger partial charge in [0.1, 0.15) is 0 Å². The Morgan fingerprint density at radius 1 is 1.00 bits per heavy atom. The lowest BCUT2D eigenvalue weighted by Crippen LogP contribution is -2.46. The second-order valence-electron chi connectivity index (χ2n) is 5.62. The third-order valence-corrected chi connectivity index (χ3v) is 4.08. The summed E-state index contributed by atoms with van der Waals surface area (Å²) in [6.07, 6.45) is 8.27. The average molecular weight is 241 g/mol. The van der Waals surface area contributed by atoms with Crippen molar-refractivity contribution in [2.24, 2.45) is 5.92 Å². The van der Waals surface area contributed by atoms with E-state index in [1.165, 1.54) is 45.2 Å². The number of rotatable bonds is 7. The van der Waals surface area contributed by atoms with Gasteiger partial charge in [0.05, 0.1) is 6.10 Å². The Morgan fingerprint density at radius 3 is 2.18 bits per heavy atom. The molecule has 3 unspecified atom stereocenters. The topological polar surface area (TPSA) is 23.5 Å². The van der Waals surface area contributed by atoms with Crippen molar-refractivity contribution in [1.82, 2.24) is 4.90 Å². The zero-order valence-corrected chi connectivity index (χ0v) is 12.0. The largest absolute Gasteiger partial charge is 0.393 e. The van der Waals surface area contributed by atoms with Crippen molar-refractivity contribution in [3.63, 3.8) is 0 Å². The lowest BCUT2D eigenvalue weighted by Gasteiger charge is -2.41. The lowest BCUT2D eigenvalue weighted by molar-refractivity contribution is 0.0236. The van der Waals surface area contributed by atoms with Gasteiger partial charge in [-0.25, -0.2) is 0 Å². The maximum absolute atomic E-state index is 9.92. The smallest absolute Gasteiger partial charge is 0.0555 e. The maximum atomic E-state index is 9.92. The summed E-state index contributed by atoms with van der Waals surface area (Å²) in [5.41, 5.74) is 0. The molecule has 102 valence electrons. The van der Waals surface area contributed by atoms with Crippen molar-refractivity contribution in [2.45, 2.75) is 77.9 Å². The van der Waals surface area contributed by atoms with Gasteiger partial charge in [-0.3, -0.25) is 0 Å². The minimum atomic E-state index is -0.0516. The summed E-state index contributed by atoms with van der Waals surface area (Å²) < 4.78 is 0. The second kappa shape index (κ2) is 8.10. The fraction of sp³-hybridized carbons (Fsp3) is 1.00. The van der Waals surface area contributed by atoms with Gasteiger partial charge < -0.3 is 10.0 Å². The Labute approximate surface area is 107 Å². The molecule has 3 atom stereocenters. The average Bonchev–Trinajstić information content (AvgIpc) is 2.31. The van der Waals surface area contributed by atoms with Crippen LogP contribution in [0, 0.1) is 5.92 Å². The van der Waals surface area contributed by atoms with E-state index < -0.39 is 0 Å². The highest BCUT2D eigenvalue weighted by molar-refractivity contribution is 4.86. The zero-order chi connectivity index (χ0) is 12.7. The van der Waals surface area contributed by atoms with Gasteiger partial charge in [0.2, 0.25) is 0 Å². The van der Waals surface area contributed by atoms with E-state index in [0.717, 1.165) is 18.8 Å². The highest BCUT2D eigenvalue weighted by Crippen LogP contribution is 2.32. The highest BCUT2D eigenvalue weighted by Gasteiger charge is 2.32. The molecule has 0 aliphatic heterocycles. The van der Waals surface area contributed by atoms with Crippen LogP contribution in [-0.4, -0.2) is 35.2 Å². The molecule has 0 aromatic rings. The number of aliphatic hydroxyl groups excluding tert-OH is 1. The van der Waals surface area contributed by atoms with Crippen LogP contribution in [-0.2, 0) is 0 Å². The first-order valence-corrected chi connectivity index (χ1v) is 7.64. The van der Waals surface area contributed by atoms with Crippen LogP contribution < -0.4 is 0 Å². The van der Waals surface area contributed by atoms with Crippen molar-refractivity contribution < 1.29 is 5.11 Å². The Hall–Kier alpha value is -0.0800. The van der Waals surface area contributed by atoms with Gasteiger partial charge in [-0.05, 0) is 57.5 Å². The standard InChI is InChI=1S/C15H31NO/c1-4-7-13-8-9-14(17)12-15(13)16(10-5-2)11-6-3/h13-15,17H,4-12H2,1-3H3. The monoisotopic (exact) mass is 241 g/mol. The molecule has 0 radical (unpaired) electrons. The van der Waals surface area contributed by atoms with Crippen LogP contribution >= 0.6 is 0 Å². The van der Waals surface area contributed by atoms with Crippen LogP contribution in [0.4, 0.5) is 0 Å². The molecular weight excluding hydrogens is 210 g/mol. The number of nitrogens with zero attached hydrogens (tertiary/aromatic N) is 1.